The van der Waals surface area contributed by atoms with E-state index >= 15 is 0 Å². The molecule has 1 atom stereocenters. The van der Waals surface area contributed by atoms with Crippen LogP contribution in [0.4, 0.5) is 11.8 Å². The Balaban J connectivity index is 2.12. The first-order valence-electron chi connectivity index (χ1n) is 7.38. The molecule has 1 saturated heterocycles. The average Bonchev–Trinajstić information content (AvgIpc) is 2.45. The van der Waals surface area contributed by atoms with Crippen LogP contribution in [0, 0.1) is 6.92 Å². The molecule has 0 aliphatic carbocycles. The molecule has 2 heterocycles. The number of piperidine rings is 1. The van der Waals surface area contributed by atoms with Crippen LogP contribution in [-0.2, 0) is 0 Å². The zero-order valence-electron chi connectivity index (χ0n) is 12.7. The molecule has 6 heteroatoms. The van der Waals surface area contributed by atoms with Gasteiger partial charge in [0.2, 0.25) is 5.95 Å². The highest BCUT2D eigenvalue weighted by molar-refractivity contribution is 7.80. The van der Waals surface area contributed by atoms with Gasteiger partial charge in [0.15, 0.2) is 5.11 Å². The van der Waals surface area contributed by atoms with Crippen LogP contribution in [0.1, 0.15) is 31.9 Å². The van der Waals surface area contributed by atoms with Crippen molar-refractivity contribution in [3.63, 3.8) is 0 Å². The highest BCUT2D eigenvalue weighted by Crippen LogP contribution is 2.24. The lowest BCUT2D eigenvalue weighted by atomic mass is 10.0. The third-order valence-electron chi connectivity index (χ3n) is 3.57. The van der Waals surface area contributed by atoms with Crippen molar-refractivity contribution in [1.82, 2.24) is 15.3 Å². The second-order valence-electron chi connectivity index (χ2n) is 5.35. The molecular formula is C15H23N5S. The normalized spacial score (nSPS) is 18.2. The number of aryl methyl sites for hydroxylation is 1. The molecule has 0 aromatic carbocycles. The number of rotatable bonds is 4. The maximum Gasteiger partial charge on any atom is 0.231 e. The van der Waals surface area contributed by atoms with Crippen LogP contribution in [0.25, 0.3) is 0 Å². The Morgan fingerprint density at radius 3 is 3.05 bits per heavy atom. The molecule has 1 aliphatic rings. The highest BCUT2D eigenvalue weighted by atomic mass is 32.1. The summed E-state index contributed by atoms with van der Waals surface area (Å²) < 4.78 is 0. The van der Waals surface area contributed by atoms with Crippen LogP contribution < -0.4 is 15.5 Å². The Morgan fingerprint density at radius 1 is 1.52 bits per heavy atom. The monoisotopic (exact) mass is 305 g/mol. The fraction of sp³-hybridized carbons (Fsp3) is 0.533. The Hall–Kier alpha value is -1.69. The van der Waals surface area contributed by atoms with Gasteiger partial charge in [-0.15, -0.1) is 6.58 Å². The summed E-state index contributed by atoms with van der Waals surface area (Å²) in [6.45, 7) is 9.55. The maximum atomic E-state index is 5.20. The topological polar surface area (TPSA) is 53.1 Å². The van der Waals surface area contributed by atoms with E-state index in [0.29, 0.717) is 23.6 Å². The predicted molar refractivity (Wildman–Crippen MR) is 91.8 cm³/mol. The first-order chi connectivity index (χ1) is 10.1. The largest absolute Gasteiger partial charge is 0.359 e. The summed E-state index contributed by atoms with van der Waals surface area (Å²) in [7, 11) is 0. The van der Waals surface area contributed by atoms with Crippen molar-refractivity contribution in [1.29, 1.82) is 0 Å². The summed E-state index contributed by atoms with van der Waals surface area (Å²) >= 11 is 5.20. The molecule has 0 bridgehead atoms. The third-order valence-corrected chi connectivity index (χ3v) is 3.82. The zero-order valence-corrected chi connectivity index (χ0v) is 13.5. The summed E-state index contributed by atoms with van der Waals surface area (Å²) in [5.74, 6) is 1.52. The molecule has 5 nitrogen and oxygen atoms in total. The Morgan fingerprint density at radius 2 is 2.33 bits per heavy atom. The number of nitrogens with one attached hydrogen (secondary N) is 2. The molecule has 0 amide bonds. The zero-order chi connectivity index (χ0) is 15.2. The molecule has 1 fully saturated rings. The molecule has 0 unspecified atom stereocenters. The molecule has 0 saturated carbocycles. The molecule has 2 N–H and O–H groups in total. The van der Waals surface area contributed by atoms with E-state index < -0.39 is 0 Å². The Kier molecular flexibility index (Phi) is 5.50. The van der Waals surface area contributed by atoms with Crippen molar-refractivity contribution in [2.75, 3.05) is 23.3 Å². The number of hydrogen-bond donors (Lipinski definition) is 2. The van der Waals surface area contributed by atoms with E-state index in [1.165, 1.54) is 19.3 Å². The van der Waals surface area contributed by atoms with E-state index in [1.54, 1.807) is 6.08 Å². The van der Waals surface area contributed by atoms with Crippen LogP contribution >= 0.6 is 12.2 Å². The van der Waals surface area contributed by atoms with Crippen LogP contribution in [-0.4, -0.2) is 34.2 Å². The van der Waals surface area contributed by atoms with Gasteiger partial charge in [-0.05, 0) is 45.3 Å². The summed E-state index contributed by atoms with van der Waals surface area (Å²) in [5.41, 5.74) is 0.937. The minimum atomic E-state index is 0.512. The number of thiocarbonyl (C=S) groups is 1. The van der Waals surface area contributed by atoms with E-state index in [0.717, 1.165) is 18.1 Å². The van der Waals surface area contributed by atoms with Crippen LogP contribution in [0.15, 0.2) is 18.7 Å². The van der Waals surface area contributed by atoms with Gasteiger partial charge in [-0.3, -0.25) is 0 Å². The molecule has 1 aromatic heterocycles. The second kappa shape index (κ2) is 7.36. The fourth-order valence-corrected chi connectivity index (χ4v) is 2.68. The quantitative estimate of drug-likeness (QED) is 0.659. The molecule has 1 aliphatic heterocycles. The Labute approximate surface area is 131 Å². The number of aromatic nitrogens is 2. The van der Waals surface area contributed by atoms with Crippen LogP contribution in [0.3, 0.4) is 0 Å². The summed E-state index contributed by atoms with van der Waals surface area (Å²) in [6.07, 6.45) is 5.48. The van der Waals surface area contributed by atoms with Crippen molar-refractivity contribution >= 4 is 29.1 Å². The van der Waals surface area contributed by atoms with E-state index in [-0.39, 0.29) is 0 Å². The van der Waals surface area contributed by atoms with Crippen molar-refractivity contribution < 1.29 is 0 Å². The molecule has 0 spiro atoms. The van der Waals surface area contributed by atoms with Gasteiger partial charge in [0, 0.05) is 30.9 Å². The standard InChI is InChI=1S/C15H23N5S/c1-4-8-16-15(21)19-14-17-11(2)10-13(18-14)20-9-6-5-7-12(20)3/h4,10,12H,1,5-9H2,2-3H3,(H2,16,17,18,19,21)/t12-/m0/s1. The van der Waals surface area contributed by atoms with Crippen molar-refractivity contribution in [3.8, 4) is 0 Å². The van der Waals surface area contributed by atoms with Crippen LogP contribution in [0.2, 0.25) is 0 Å². The molecular weight excluding hydrogens is 282 g/mol. The second-order valence-corrected chi connectivity index (χ2v) is 5.76. The highest BCUT2D eigenvalue weighted by Gasteiger charge is 2.20. The average molecular weight is 305 g/mol. The SMILES string of the molecule is C=CCNC(=S)Nc1nc(C)cc(N2CCCC[C@@H]2C)n1. The first-order valence-corrected chi connectivity index (χ1v) is 7.79. The van der Waals surface area contributed by atoms with E-state index in [4.69, 9.17) is 12.2 Å². The summed E-state index contributed by atoms with van der Waals surface area (Å²) in [5, 5.41) is 6.56. The lowest BCUT2D eigenvalue weighted by Gasteiger charge is -2.34. The predicted octanol–water partition coefficient (Wildman–Crippen LogP) is 2.64. The van der Waals surface area contributed by atoms with Crippen molar-refractivity contribution in [3.05, 3.63) is 24.4 Å². The van der Waals surface area contributed by atoms with Gasteiger partial charge >= 0.3 is 0 Å². The van der Waals surface area contributed by atoms with Gasteiger partial charge in [0.25, 0.3) is 0 Å². The first kappa shape index (κ1) is 15.7. The van der Waals surface area contributed by atoms with Crippen LogP contribution in [0.5, 0.6) is 0 Å². The van der Waals surface area contributed by atoms with Gasteiger partial charge in [-0.25, -0.2) is 4.98 Å². The summed E-state index contributed by atoms with van der Waals surface area (Å²) in [4.78, 5) is 11.4. The molecule has 114 valence electrons. The van der Waals surface area contributed by atoms with E-state index in [9.17, 15) is 0 Å². The number of hydrogen-bond acceptors (Lipinski definition) is 4. The van der Waals surface area contributed by atoms with Gasteiger partial charge in [-0.1, -0.05) is 6.08 Å². The maximum absolute atomic E-state index is 5.20. The number of nitrogens with zero attached hydrogens (tertiary/aromatic N) is 3. The van der Waals surface area contributed by atoms with E-state index in [2.05, 4.69) is 39.0 Å². The van der Waals surface area contributed by atoms with Gasteiger partial charge in [-0.2, -0.15) is 4.98 Å². The molecule has 21 heavy (non-hydrogen) atoms. The van der Waals surface area contributed by atoms with E-state index in [1.807, 2.05) is 13.0 Å². The number of anilines is 2. The van der Waals surface area contributed by atoms with Crippen molar-refractivity contribution in [2.24, 2.45) is 0 Å². The molecule has 1 aromatic rings. The van der Waals surface area contributed by atoms with Gasteiger partial charge in [0.05, 0.1) is 0 Å². The lowest BCUT2D eigenvalue weighted by Crippen LogP contribution is -2.38. The van der Waals surface area contributed by atoms with Crippen molar-refractivity contribution in [2.45, 2.75) is 39.2 Å². The minimum Gasteiger partial charge on any atom is -0.359 e. The lowest BCUT2D eigenvalue weighted by molar-refractivity contribution is 0.481. The Bertz CT molecular complexity index is 517. The molecule has 0 radical (unpaired) electrons. The fourth-order valence-electron chi connectivity index (χ4n) is 2.50. The third kappa shape index (κ3) is 4.39. The summed E-state index contributed by atoms with van der Waals surface area (Å²) in [6, 6.07) is 2.56. The minimum absolute atomic E-state index is 0.512. The van der Waals surface area contributed by atoms with Gasteiger partial charge in [0.1, 0.15) is 5.82 Å². The van der Waals surface area contributed by atoms with Gasteiger partial charge < -0.3 is 15.5 Å². The molecule has 2 rings (SSSR count). The smallest absolute Gasteiger partial charge is 0.231 e.